The quantitative estimate of drug-likeness (QED) is 0.750. The lowest BCUT2D eigenvalue weighted by molar-refractivity contribution is 0.0527. The molecule has 1 saturated heterocycles. The summed E-state index contributed by atoms with van der Waals surface area (Å²) in [5.41, 5.74) is 1.04. The van der Waals surface area contributed by atoms with Crippen molar-refractivity contribution >= 4 is 5.91 Å². The van der Waals surface area contributed by atoms with E-state index in [0.29, 0.717) is 19.5 Å². The van der Waals surface area contributed by atoms with E-state index in [1.54, 1.807) is 37.4 Å². The summed E-state index contributed by atoms with van der Waals surface area (Å²) < 4.78 is 12.3. The second kappa shape index (κ2) is 8.86. The van der Waals surface area contributed by atoms with Crippen LogP contribution in [0, 0.1) is 0 Å². The number of benzene rings is 1. The Kier molecular flexibility index (Phi) is 6.29. The number of pyridine rings is 1. The second-order valence-corrected chi connectivity index (χ2v) is 6.82. The summed E-state index contributed by atoms with van der Waals surface area (Å²) in [6.45, 7) is 1.77. The van der Waals surface area contributed by atoms with E-state index in [1.165, 1.54) is 4.57 Å². The molecule has 1 aliphatic rings. The number of aromatic nitrogens is 1. The molecule has 27 heavy (non-hydrogen) atoms. The van der Waals surface area contributed by atoms with Gasteiger partial charge in [-0.25, -0.2) is 0 Å². The first-order valence-electron chi connectivity index (χ1n) is 9.28. The average Bonchev–Trinajstić information content (AvgIpc) is 3.20. The van der Waals surface area contributed by atoms with Crippen molar-refractivity contribution in [3.8, 4) is 5.75 Å². The molecule has 1 atom stereocenters. The molecule has 2 heterocycles. The first-order valence-corrected chi connectivity index (χ1v) is 9.28. The molecule has 144 valence electrons. The maximum atomic E-state index is 13.1. The average molecular weight is 370 g/mol. The summed E-state index contributed by atoms with van der Waals surface area (Å²) in [7, 11) is 3.29. The molecule has 1 aromatic heterocycles. The van der Waals surface area contributed by atoms with Gasteiger partial charge in [-0.2, -0.15) is 0 Å². The molecule has 2 aromatic rings. The molecule has 0 radical (unpaired) electrons. The third-order valence-electron chi connectivity index (χ3n) is 4.92. The van der Waals surface area contributed by atoms with Crippen molar-refractivity contribution in [1.29, 1.82) is 0 Å². The highest BCUT2D eigenvalue weighted by molar-refractivity contribution is 5.93. The normalized spacial score (nSPS) is 16.3. The van der Waals surface area contributed by atoms with Gasteiger partial charge >= 0.3 is 0 Å². The second-order valence-electron chi connectivity index (χ2n) is 6.82. The number of ether oxygens (including phenoxy) is 2. The van der Waals surface area contributed by atoms with Crippen LogP contribution in [0.3, 0.4) is 0 Å². The molecule has 1 aromatic carbocycles. The SMILES string of the molecule is COc1ccc(CCN(C[C@@H]2CCCO2)C(=O)c2cccn(C)c2=O)cc1. The summed E-state index contributed by atoms with van der Waals surface area (Å²) >= 11 is 0. The molecule has 0 saturated carbocycles. The number of rotatable bonds is 7. The Hall–Kier alpha value is -2.60. The molecule has 0 spiro atoms. The van der Waals surface area contributed by atoms with E-state index in [4.69, 9.17) is 9.47 Å². The third kappa shape index (κ3) is 4.77. The number of carbonyl (C=O) groups is 1. The Morgan fingerprint density at radius 1 is 1.30 bits per heavy atom. The molecule has 3 rings (SSSR count). The predicted octanol–water partition coefficient (Wildman–Crippen LogP) is 2.26. The standard InChI is InChI=1S/C21H26N2O4/c1-22-12-3-6-19(20(22)24)21(25)23(15-18-5-4-14-27-18)13-11-16-7-9-17(26-2)10-8-16/h3,6-10,12,18H,4-5,11,13-15H2,1-2H3/t18-/m0/s1. The summed E-state index contributed by atoms with van der Waals surface area (Å²) in [4.78, 5) is 27.2. The number of nitrogens with zero attached hydrogens (tertiary/aromatic N) is 2. The van der Waals surface area contributed by atoms with Crippen molar-refractivity contribution in [2.45, 2.75) is 25.4 Å². The van der Waals surface area contributed by atoms with E-state index in [2.05, 4.69) is 0 Å². The Balaban J connectivity index is 1.75. The Morgan fingerprint density at radius 2 is 2.07 bits per heavy atom. The molecule has 6 heteroatoms. The Bertz CT molecular complexity index is 823. The fraction of sp³-hybridized carbons (Fsp3) is 0.429. The van der Waals surface area contributed by atoms with Crippen LogP contribution >= 0.6 is 0 Å². The number of hydrogen-bond acceptors (Lipinski definition) is 4. The highest BCUT2D eigenvalue weighted by Gasteiger charge is 2.25. The molecule has 0 bridgehead atoms. The zero-order valence-corrected chi connectivity index (χ0v) is 15.9. The highest BCUT2D eigenvalue weighted by Crippen LogP contribution is 2.16. The van der Waals surface area contributed by atoms with Crippen LogP contribution < -0.4 is 10.3 Å². The molecule has 1 amide bonds. The summed E-state index contributed by atoms with van der Waals surface area (Å²) in [5.74, 6) is 0.569. The van der Waals surface area contributed by atoms with Gasteiger partial charge in [-0.05, 0) is 49.1 Å². The molecular weight excluding hydrogens is 344 g/mol. The summed E-state index contributed by atoms with van der Waals surface area (Å²) in [6.07, 6.45) is 4.35. The first-order chi connectivity index (χ1) is 13.1. The van der Waals surface area contributed by atoms with Crippen molar-refractivity contribution in [1.82, 2.24) is 9.47 Å². The highest BCUT2D eigenvalue weighted by atomic mass is 16.5. The van der Waals surface area contributed by atoms with Crippen LogP contribution in [0.5, 0.6) is 5.75 Å². The van der Waals surface area contributed by atoms with Gasteiger partial charge in [-0.3, -0.25) is 9.59 Å². The lowest BCUT2D eigenvalue weighted by Gasteiger charge is -2.25. The number of aryl methyl sites for hydroxylation is 1. The van der Waals surface area contributed by atoms with Gasteiger partial charge in [0.15, 0.2) is 0 Å². The van der Waals surface area contributed by atoms with Crippen molar-refractivity contribution in [2.24, 2.45) is 7.05 Å². The van der Waals surface area contributed by atoms with Crippen molar-refractivity contribution in [3.63, 3.8) is 0 Å². The number of methoxy groups -OCH3 is 1. The molecule has 0 N–H and O–H groups in total. The third-order valence-corrected chi connectivity index (χ3v) is 4.92. The van der Waals surface area contributed by atoms with Gasteiger partial charge in [0.05, 0.1) is 13.2 Å². The first kappa shape index (κ1) is 19.2. The van der Waals surface area contributed by atoms with Gasteiger partial charge in [0, 0.05) is 32.9 Å². The molecule has 6 nitrogen and oxygen atoms in total. The van der Waals surface area contributed by atoms with Gasteiger partial charge in [0.1, 0.15) is 11.3 Å². The maximum Gasteiger partial charge on any atom is 0.263 e. The minimum absolute atomic E-state index is 0.0392. The molecule has 1 fully saturated rings. The number of amides is 1. The van der Waals surface area contributed by atoms with Crippen LogP contribution in [-0.4, -0.2) is 48.3 Å². The maximum absolute atomic E-state index is 13.1. The smallest absolute Gasteiger partial charge is 0.263 e. The Morgan fingerprint density at radius 3 is 2.74 bits per heavy atom. The van der Waals surface area contributed by atoms with Gasteiger partial charge in [0.2, 0.25) is 0 Å². The van der Waals surface area contributed by atoms with Crippen LogP contribution in [0.25, 0.3) is 0 Å². The largest absolute Gasteiger partial charge is 0.497 e. The van der Waals surface area contributed by atoms with Crippen molar-refractivity contribution in [2.75, 3.05) is 26.8 Å². The van der Waals surface area contributed by atoms with Gasteiger partial charge in [0.25, 0.3) is 11.5 Å². The van der Waals surface area contributed by atoms with E-state index >= 15 is 0 Å². The van der Waals surface area contributed by atoms with E-state index in [-0.39, 0.29) is 23.1 Å². The Labute approximate surface area is 159 Å². The van der Waals surface area contributed by atoms with Crippen LogP contribution in [-0.2, 0) is 18.2 Å². The lowest BCUT2D eigenvalue weighted by atomic mass is 10.1. The van der Waals surface area contributed by atoms with Crippen molar-refractivity contribution in [3.05, 3.63) is 64.1 Å². The van der Waals surface area contributed by atoms with Crippen LogP contribution in [0.4, 0.5) is 0 Å². The fourth-order valence-corrected chi connectivity index (χ4v) is 3.30. The van der Waals surface area contributed by atoms with Crippen LogP contribution in [0.15, 0.2) is 47.4 Å². The monoisotopic (exact) mass is 370 g/mol. The molecule has 0 aliphatic carbocycles. The van der Waals surface area contributed by atoms with Crippen LogP contribution in [0.2, 0.25) is 0 Å². The van der Waals surface area contributed by atoms with Crippen LogP contribution in [0.1, 0.15) is 28.8 Å². The van der Waals surface area contributed by atoms with E-state index < -0.39 is 0 Å². The topological polar surface area (TPSA) is 60.8 Å². The zero-order valence-electron chi connectivity index (χ0n) is 15.9. The minimum atomic E-state index is -0.274. The lowest BCUT2D eigenvalue weighted by Crippen LogP contribution is -2.41. The predicted molar refractivity (Wildman–Crippen MR) is 103 cm³/mol. The molecular formula is C21H26N2O4. The zero-order chi connectivity index (χ0) is 19.2. The molecule has 0 unspecified atom stereocenters. The summed E-state index contributed by atoms with van der Waals surface area (Å²) in [5, 5.41) is 0. The van der Waals surface area contributed by atoms with Gasteiger partial charge < -0.3 is 18.9 Å². The van der Waals surface area contributed by atoms with Crippen molar-refractivity contribution < 1.29 is 14.3 Å². The van der Waals surface area contributed by atoms with E-state index in [1.807, 2.05) is 24.3 Å². The van der Waals surface area contributed by atoms with Gasteiger partial charge in [-0.1, -0.05) is 12.1 Å². The van der Waals surface area contributed by atoms with E-state index in [0.717, 1.165) is 30.8 Å². The number of carbonyl (C=O) groups excluding carboxylic acids is 1. The fourth-order valence-electron chi connectivity index (χ4n) is 3.30. The van der Waals surface area contributed by atoms with E-state index in [9.17, 15) is 9.59 Å². The molecule has 1 aliphatic heterocycles. The van der Waals surface area contributed by atoms with Gasteiger partial charge in [-0.15, -0.1) is 0 Å². The summed E-state index contributed by atoms with van der Waals surface area (Å²) in [6, 6.07) is 11.1. The number of hydrogen-bond donors (Lipinski definition) is 0. The minimum Gasteiger partial charge on any atom is -0.497 e.